The van der Waals surface area contributed by atoms with Gasteiger partial charge < -0.3 is 15.3 Å². The van der Waals surface area contributed by atoms with Crippen LogP contribution in [0.25, 0.3) is 0 Å². The largest absolute Gasteiger partial charge is 0.508 e. The predicted octanol–water partition coefficient (Wildman–Crippen LogP) is 1.81. The normalized spacial score (nSPS) is 22.2. The van der Waals surface area contributed by atoms with E-state index in [2.05, 4.69) is 10.2 Å². The van der Waals surface area contributed by atoms with Crippen LogP contribution >= 0.6 is 0 Å². The minimum atomic E-state index is 0.0434. The maximum atomic E-state index is 12.2. The van der Waals surface area contributed by atoms with Crippen LogP contribution in [0.4, 0.5) is 4.79 Å². The number of carbonyl (C=O) groups excluding carboxylic acids is 1. The van der Waals surface area contributed by atoms with Crippen molar-refractivity contribution in [2.45, 2.75) is 31.7 Å². The van der Waals surface area contributed by atoms with Gasteiger partial charge >= 0.3 is 6.03 Å². The molecule has 2 heterocycles. The third kappa shape index (κ3) is 3.71. The molecule has 0 bridgehead atoms. The summed E-state index contributed by atoms with van der Waals surface area (Å²) in [6.07, 6.45) is 4.43. The lowest BCUT2D eigenvalue weighted by atomic mass is 10.1. The molecule has 0 saturated carbocycles. The van der Waals surface area contributed by atoms with Crippen LogP contribution in [0.2, 0.25) is 0 Å². The number of nitrogens with one attached hydrogen (secondary N) is 1. The topological polar surface area (TPSA) is 55.8 Å². The Morgan fingerprint density at radius 1 is 1.27 bits per heavy atom. The first-order chi connectivity index (χ1) is 10.7. The van der Waals surface area contributed by atoms with Crippen molar-refractivity contribution in [1.29, 1.82) is 0 Å². The molecule has 0 aliphatic carbocycles. The number of hydrogen-bond donors (Lipinski definition) is 2. The summed E-state index contributed by atoms with van der Waals surface area (Å²) in [5, 5.41) is 12.4. The zero-order valence-electron chi connectivity index (χ0n) is 13.0. The lowest BCUT2D eigenvalue weighted by Crippen LogP contribution is -2.42. The standard InChI is InChI=1S/C17H25N3O2/c21-16-5-3-4-14(12-16)6-8-18-17(22)20-11-7-15(13-20)19-9-1-2-10-19/h3-5,12,15,21H,1-2,6-11,13H2,(H,18,22)/t15-/m0/s1. The maximum absolute atomic E-state index is 12.2. The van der Waals surface area contributed by atoms with Crippen molar-refractivity contribution < 1.29 is 9.90 Å². The molecule has 1 aromatic rings. The van der Waals surface area contributed by atoms with Crippen molar-refractivity contribution in [3.8, 4) is 5.75 Å². The van der Waals surface area contributed by atoms with Gasteiger partial charge in [-0.15, -0.1) is 0 Å². The molecule has 22 heavy (non-hydrogen) atoms. The first kappa shape index (κ1) is 15.2. The van der Waals surface area contributed by atoms with Crippen LogP contribution in [0.15, 0.2) is 24.3 Å². The lowest BCUT2D eigenvalue weighted by molar-refractivity contribution is 0.199. The Bertz CT molecular complexity index is 514. The number of carbonyl (C=O) groups is 1. The third-order valence-electron chi connectivity index (χ3n) is 4.71. The quantitative estimate of drug-likeness (QED) is 0.892. The van der Waals surface area contributed by atoms with Gasteiger partial charge in [-0.3, -0.25) is 4.90 Å². The van der Waals surface area contributed by atoms with Gasteiger partial charge in [0.15, 0.2) is 0 Å². The Hall–Kier alpha value is -1.75. The summed E-state index contributed by atoms with van der Waals surface area (Å²) < 4.78 is 0. The summed E-state index contributed by atoms with van der Waals surface area (Å²) >= 11 is 0. The lowest BCUT2D eigenvalue weighted by Gasteiger charge is -2.23. The van der Waals surface area contributed by atoms with Crippen molar-refractivity contribution in [2.24, 2.45) is 0 Å². The zero-order chi connectivity index (χ0) is 15.4. The van der Waals surface area contributed by atoms with Crippen molar-refractivity contribution in [3.05, 3.63) is 29.8 Å². The van der Waals surface area contributed by atoms with Crippen molar-refractivity contribution in [2.75, 3.05) is 32.7 Å². The van der Waals surface area contributed by atoms with E-state index in [4.69, 9.17) is 0 Å². The predicted molar refractivity (Wildman–Crippen MR) is 86.0 cm³/mol. The summed E-state index contributed by atoms with van der Waals surface area (Å²) in [6.45, 7) is 4.71. The van der Waals surface area contributed by atoms with Crippen molar-refractivity contribution >= 4 is 6.03 Å². The highest BCUT2D eigenvalue weighted by molar-refractivity contribution is 5.74. The molecule has 2 aliphatic rings. The molecule has 0 radical (unpaired) electrons. The molecule has 2 amide bonds. The molecule has 2 fully saturated rings. The van der Waals surface area contributed by atoms with E-state index in [9.17, 15) is 9.90 Å². The number of phenols is 1. The summed E-state index contributed by atoms with van der Waals surface area (Å²) in [5.74, 6) is 0.275. The van der Waals surface area contributed by atoms with Gasteiger partial charge in [-0.05, 0) is 56.5 Å². The molecular weight excluding hydrogens is 278 g/mol. The average Bonchev–Trinajstić information content (AvgIpc) is 3.18. The fourth-order valence-corrected chi connectivity index (χ4v) is 3.47. The maximum Gasteiger partial charge on any atom is 0.317 e. The highest BCUT2D eigenvalue weighted by Crippen LogP contribution is 2.20. The molecule has 3 rings (SSSR count). The molecular formula is C17H25N3O2. The summed E-state index contributed by atoms with van der Waals surface area (Å²) in [6, 6.07) is 7.79. The van der Waals surface area contributed by atoms with Crippen molar-refractivity contribution in [3.63, 3.8) is 0 Å². The highest BCUT2D eigenvalue weighted by Gasteiger charge is 2.31. The van der Waals surface area contributed by atoms with Gasteiger partial charge in [-0.1, -0.05) is 12.1 Å². The van der Waals surface area contributed by atoms with Gasteiger partial charge in [0.2, 0.25) is 0 Å². The molecule has 1 atom stereocenters. The van der Waals surface area contributed by atoms with Gasteiger partial charge in [-0.25, -0.2) is 4.79 Å². The second-order valence-corrected chi connectivity index (χ2v) is 6.28. The second kappa shape index (κ2) is 7.01. The van der Waals surface area contributed by atoms with E-state index in [0.29, 0.717) is 12.6 Å². The molecule has 120 valence electrons. The van der Waals surface area contributed by atoms with E-state index in [1.807, 2.05) is 17.0 Å². The molecule has 2 aliphatic heterocycles. The number of amides is 2. The SMILES string of the molecule is O=C(NCCc1cccc(O)c1)N1CC[C@H](N2CCCC2)C1. The second-order valence-electron chi connectivity index (χ2n) is 6.28. The molecule has 0 aromatic heterocycles. The highest BCUT2D eigenvalue weighted by atomic mass is 16.3. The first-order valence-electron chi connectivity index (χ1n) is 8.27. The molecule has 5 nitrogen and oxygen atoms in total. The Labute approximate surface area is 131 Å². The summed E-state index contributed by atoms with van der Waals surface area (Å²) in [4.78, 5) is 16.7. The van der Waals surface area contributed by atoms with Gasteiger partial charge in [0.25, 0.3) is 0 Å². The van der Waals surface area contributed by atoms with E-state index in [1.54, 1.807) is 12.1 Å². The molecule has 0 spiro atoms. The Balaban J connectivity index is 1.41. The number of rotatable bonds is 4. The Kier molecular flexibility index (Phi) is 4.83. The molecule has 5 heteroatoms. The van der Waals surface area contributed by atoms with E-state index < -0.39 is 0 Å². The van der Waals surface area contributed by atoms with Crippen LogP contribution in [0.1, 0.15) is 24.8 Å². The fraction of sp³-hybridized carbons (Fsp3) is 0.588. The van der Waals surface area contributed by atoms with Crippen LogP contribution in [0.3, 0.4) is 0 Å². The zero-order valence-corrected chi connectivity index (χ0v) is 13.0. The van der Waals surface area contributed by atoms with E-state index >= 15 is 0 Å². The first-order valence-corrected chi connectivity index (χ1v) is 8.27. The molecule has 1 aromatic carbocycles. The number of likely N-dealkylation sites (tertiary alicyclic amines) is 2. The monoisotopic (exact) mass is 303 g/mol. The van der Waals surface area contributed by atoms with Crippen LogP contribution < -0.4 is 5.32 Å². The minimum Gasteiger partial charge on any atom is -0.508 e. The Morgan fingerprint density at radius 2 is 2.09 bits per heavy atom. The average molecular weight is 303 g/mol. The third-order valence-corrected chi connectivity index (χ3v) is 4.71. The van der Waals surface area contributed by atoms with Crippen LogP contribution in [-0.2, 0) is 6.42 Å². The van der Waals surface area contributed by atoms with Crippen molar-refractivity contribution in [1.82, 2.24) is 15.1 Å². The van der Waals surface area contributed by atoms with Crippen LogP contribution in [0.5, 0.6) is 5.75 Å². The van der Waals surface area contributed by atoms with E-state index in [1.165, 1.54) is 25.9 Å². The molecule has 0 unspecified atom stereocenters. The van der Waals surface area contributed by atoms with Gasteiger partial charge in [0.05, 0.1) is 0 Å². The minimum absolute atomic E-state index is 0.0434. The van der Waals surface area contributed by atoms with Gasteiger partial charge in [-0.2, -0.15) is 0 Å². The molecule has 2 saturated heterocycles. The fourth-order valence-electron chi connectivity index (χ4n) is 3.47. The van der Waals surface area contributed by atoms with Crippen LogP contribution in [-0.4, -0.2) is 59.7 Å². The Morgan fingerprint density at radius 3 is 2.86 bits per heavy atom. The number of nitrogens with zero attached hydrogens (tertiary/aromatic N) is 2. The van der Waals surface area contributed by atoms with E-state index in [-0.39, 0.29) is 11.8 Å². The number of hydrogen-bond acceptors (Lipinski definition) is 3. The van der Waals surface area contributed by atoms with Gasteiger partial charge in [0, 0.05) is 25.7 Å². The van der Waals surface area contributed by atoms with E-state index in [0.717, 1.165) is 31.5 Å². The van der Waals surface area contributed by atoms with Crippen LogP contribution in [0, 0.1) is 0 Å². The number of urea groups is 1. The van der Waals surface area contributed by atoms with Gasteiger partial charge in [0.1, 0.15) is 5.75 Å². The summed E-state index contributed by atoms with van der Waals surface area (Å²) in [5.41, 5.74) is 1.04. The summed E-state index contributed by atoms with van der Waals surface area (Å²) in [7, 11) is 0. The smallest absolute Gasteiger partial charge is 0.317 e. The molecule has 2 N–H and O–H groups in total. The number of phenolic OH excluding ortho intramolecular Hbond substituents is 1. The number of benzene rings is 1. The number of aromatic hydroxyl groups is 1.